The zero-order valence-corrected chi connectivity index (χ0v) is 12.4. The lowest BCUT2D eigenvalue weighted by atomic mass is 10.0. The minimum absolute atomic E-state index is 0.00993. The molecule has 116 valence electrons. The molecule has 21 heavy (non-hydrogen) atoms. The molecule has 1 aliphatic rings. The first-order chi connectivity index (χ1) is 9.79. The van der Waals surface area contributed by atoms with Crippen molar-refractivity contribution in [3.63, 3.8) is 0 Å². The van der Waals surface area contributed by atoms with Gasteiger partial charge in [0.1, 0.15) is 5.82 Å². The lowest BCUT2D eigenvalue weighted by molar-refractivity contribution is 0.0692. The summed E-state index contributed by atoms with van der Waals surface area (Å²) in [5, 5.41) is 8.74. The summed E-state index contributed by atoms with van der Waals surface area (Å²) in [5.74, 6) is -2.09. The Labute approximate surface area is 122 Å². The minimum atomic E-state index is -3.75. The van der Waals surface area contributed by atoms with Gasteiger partial charge in [-0.05, 0) is 37.0 Å². The number of rotatable bonds is 4. The monoisotopic (exact) mass is 316 g/mol. The van der Waals surface area contributed by atoms with Crippen molar-refractivity contribution >= 4 is 21.9 Å². The number of carbonyl (C=O) groups is 1. The minimum Gasteiger partial charge on any atom is -0.478 e. The summed E-state index contributed by atoms with van der Waals surface area (Å²) in [6.45, 7) is 2.82. The van der Waals surface area contributed by atoms with Crippen molar-refractivity contribution < 1.29 is 22.7 Å². The second kappa shape index (κ2) is 5.98. The number of anilines is 1. The lowest BCUT2D eigenvalue weighted by Gasteiger charge is -2.30. The van der Waals surface area contributed by atoms with Crippen LogP contribution in [0.5, 0.6) is 0 Å². The van der Waals surface area contributed by atoms with E-state index in [0.29, 0.717) is 13.1 Å². The molecule has 0 spiro atoms. The maximum absolute atomic E-state index is 13.6. The fourth-order valence-corrected chi connectivity index (χ4v) is 3.70. The summed E-state index contributed by atoms with van der Waals surface area (Å²) in [7, 11) is -3.75. The van der Waals surface area contributed by atoms with Crippen molar-refractivity contribution in [2.24, 2.45) is 5.92 Å². The molecule has 2 N–H and O–H groups in total. The average Bonchev–Trinajstić information content (AvgIpc) is 2.37. The zero-order valence-electron chi connectivity index (χ0n) is 11.5. The van der Waals surface area contributed by atoms with E-state index in [9.17, 15) is 17.6 Å². The molecule has 1 aromatic rings. The summed E-state index contributed by atoms with van der Waals surface area (Å²) in [6, 6.07) is 3.14. The van der Waals surface area contributed by atoms with Crippen LogP contribution in [-0.2, 0) is 10.2 Å². The van der Waals surface area contributed by atoms with Crippen LogP contribution in [0.15, 0.2) is 18.2 Å². The summed E-state index contributed by atoms with van der Waals surface area (Å²) >= 11 is 0. The Hall–Kier alpha value is -1.67. The molecular weight excluding hydrogens is 299 g/mol. The largest absolute Gasteiger partial charge is 0.478 e. The third-order valence-corrected chi connectivity index (χ3v) is 4.91. The standard InChI is InChI=1S/C13H17FN2O4S/c1-9-3-2-6-16(8-9)21(19,20)15-10-4-5-11(13(17)18)12(14)7-10/h4-5,7,9,15H,2-3,6,8H2,1H3,(H,17,18). The number of halogens is 1. The van der Waals surface area contributed by atoms with Crippen LogP contribution in [0.2, 0.25) is 0 Å². The van der Waals surface area contributed by atoms with Crippen LogP contribution in [0, 0.1) is 11.7 Å². The van der Waals surface area contributed by atoms with Gasteiger partial charge in [0.2, 0.25) is 0 Å². The molecule has 1 aromatic carbocycles. The van der Waals surface area contributed by atoms with E-state index in [4.69, 9.17) is 5.11 Å². The molecule has 0 saturated carbocycles. The molecule has 0 radical (unpaired) electrons. The fourth-order valence-electron chi connectivity index (χ4n) is 2.33. The number of hydrogen-bond acceptors (Lipinski definition) is 3. The average molecular weight is 316 g/mol. The first-order valence-corrected chi connectivity index (χ1v) is 8.04. The number of carboxylic acids is 1. The number of hydrogen-bond donors (Lipinski definition) is 2. The molecule has 2 rings (SSSR count). The van der Waals surface area contributed by atoms with Gasteiger partial charge >= 0.3 is 16.2 Å². The Morgan fingerprint density at radius 1 is 1.48 bits per heavy atom. The molecule has 0 bridgehead atoms. The molecule has 1 fully saturated rings. The molecule has 1 saturated heterocycles. The maximum atomic E-state index is 13.6. The van der Waals surface area contributed by atoms with Crippen LogP contribution in [0.25, 0.3) is 0 Å². The SMILES string of the molecule is CC1CCCN(S(=O)(=O)Nc2ccc(C(=O)O)c(F)c2)C1. The highest BCUT2D eigenvalue weighted by Crippen LogP contribution is 2.21. The van der Waals surface area contributed by atoms with Crippen molar-refractivity contribution in [3.05, 3.63) is 29.6 Å². The van der Waals surface area contributed by atoms with E-state index in [0.717, 1.165) is 25.0 Å². The summed E-state index contributed by atoms with van der Waals surface area (Å²) in [5.41, 5.74) is -0.486. The second-order valence-electron chi connectivity index (χ2n) is 5.21. The van der Waals surface area contributed by atoms with Crippen LogP contribution in [-0.4, -0.2) is 36.9 Å². The van der Waals surface area contributed by atoms with Gasteiger partial charge in [-0.2, -0.15) is 12.7 Å². The molecule has 1 atom stereocenters. The zero-order chi connectivity index (χ0) is 15.6. The Kier molecular flexibility index (Phi) is 4.48. The third-order valence-electron chi connectivity index (χ3n) is 3.41. The van der Waals surface area contributed by atoms with E-state index >= 15 is 0 Å². The molecule has 1 heterocycles. The van der Waals surface area contributed by atoms with Gasteiger partial charge in [-0.25, -0.2) is 9.18 Å². The molecular formula is C13H17FN2O4S. The van der Waals surface area contributed by atoms with Crippen molar-refractivity contribution in [1.29, 1.82) is 0 Å². The van der Waals surface area contributed by atoms with Crippen LogP contribution < -0.4 is 4.72 Å². The molecule has 1 unspecified atom stereocenters. The first kappa shape index (κ1) is 15.7. The van der Waals surface area contributed by atoms with Gasteiger partial charge in [-0.3, -0.25) is 4.72 Å². The number of carboxylic acid groups (broad SMARTS) is 1. The predicted octanol–water partition coefficient (Wildman–Crippen LogP) is 1.91. The summed E-state index contributed by atoms with van der Waals surface area (Å²) in [4.78, 5) is 10.7. The fraction of sp³-hybridized carbons (Fsp3) is 0.462. The van der Waals surface area contributed by atoms with Crippen LogP contribution in [0.4, 0.5) is 10.1 Å². The molecule has 0 amide bonds. The van der Waals surface area contributed by atoms with E-state index < -0.39 is 27.6 Å². The van der Waals surface area contributed by atoms with Gasteiger partial charge in [-0.1, -0.05) is 6.92 Å². The van der Waals surface area contributed by atoms with Crippen molar-refractivity contribution in [2.45, 2.75) is 19.8 Å². The number of benzene rings is 1. The van der Waals surface area contributed by atoms with Gasteiger partial charge < -0.3 is 5.11 Å². The number of nitrogens with zero attached hydrogens (tertiary/aromatic N) is 1. The normalized spacial score (nSPS) is 20.2. The van der Waals surface area contributed by atoms with Crippen molar-refractivity contribution in [1.82, 2.24) is 4.31 Å². The highest BCUT2D eigenvalue weighted by atomic mass is 32.2. The Morgan fingerprint density at radius 2 is 2.19 bits per heavy atom. The summed E-state index contributed by atoms with van der Waals surface area (Å²) < 4.78 is 41.6. The van der Waals surface area contributed by atoms with Gasteiger partial charge in [0.25, 0.3) is 0 Å². The Balaban J connectivity index is 2.17. The number of nitrogens with one attached hydrogen (secondary N) is 1. The molecule has 8 heteroatoms. The number of piperidine rings is 1. The van der Waals surface area contributed by atoms with Gasteiger partial charge in [0.15, 0.2) is 0 Å². The van der Waals surface area contributed by atoms with Gasteiger partial charge in [0.05, 0.1) is 11.3 Å². The molecule has 6 nitrogen and oxygen atoms in total. The maximum Gasteiger partial charge on any atom is 0.338 e. The topological polar surface area (TPSA) is 86.7 Å². The molecule has 0 aromatic heterocycles. The van der Waals surface area contributed by atoms with Gasteiger partial charge in [-0.15, -0.1) is 0 Å². The van der Waals surface area contributed by atoms with E-state index in [-0.39, 0.29) is 11.6 Å². The van der Waals surface area contributed by atoms with Crippen molar-refractivity contribution in [2.75, 3.05) is 17.8 Å². The van der Waals surface area contributed by atoms with Gasteiger partial charge in [0, 0.05) is 13.1 Å². The number of aromatic carboxylic acids is 1. The first-order valence-electron chi connectivity index (χ1n) is 6.60. The van der Waals surface area contributed by atoms with Crippen LogP contribution in [0.1, 0.15) is 30.1 Å². The second-order valence-corrected chi connectivity index (χ2v) is 6.88. The Bertz CT molecular complexity index is 648. The van der Waals surface area contributed by atoms with E-state index in [1.54, 1.807) is 0 Å². The van der Waals surface area contributed by atoms with Crippen LogP contribution in [0.3, 0.4) is 0 Å². The Morgan fingerprint density at radius 3 is 2.76 bits per heavy atom. The molecule has 0 aliphatic carbocycles. The smallest absolute Gasteiger partial charge is 0.338 e. The summed E-state index contributed by atoms with van der Waals surface area (Å²) in [6.07, 6.45) is 1.77. The third kappa shape index (κ3) is 3.70. The lowest BCUT2D eigenvalue weighted by Crippen LogP contribution is -2.42. The van der Waals surface area contributed by atoms with Crippen LogP contribution >= 0.6 is 0 Å². The highest BCUT2D eigenvalue weighted by molar-refractivity contribution is 7.90. The quantitative estimate of drug-likeness (QED) is 0.888. The highest BCUT2D eigenvalue weighted by Gasteiger charge is 2.27. The van der Waals surface area contributed by atoms with E-state index in [1.165, 1.54) is 10.4 Å². The predicted molar refractivity (Wildman–Crippen MR) is 75.9 cm³/mol. The van der Waals surface area contributed by atoms with E-state index in [2.05, 4.69) is 4.72 Å². The van der Waals surface area contributed by atoms with E-state index in [1.807, 2.05) is 6.92 Å². The molecule has 1 aliphatic heterocycles. The van der Waals surface area contributed by atoms with Crippen molar-refractivity contribution in [3.8, 4) is 0 Å².